The Morgan fingerprint density at radius 3 is 2.46 bits per heavy atom. The number of aromatic amines is 1. The maximum absolute atomic E-state index is 12.1. The molecule has 1 aromatic heterocycles. The molecule has 0 spiro atoms. The van der Waals surface area contributed by atoms with E-state index in [-0.39, 0.29) is 5.91 Å². The van der Waals surface area contributed by atoms with E-state index in [2.05, 4.69) is 10.3 Å². The predicted molar refractivity (Wildman–Crippen MR) is 104 cm³/mol. The Kier molecular flexibility index (Phi) is 4.12. The monoisotopic (exact) mass is 394 g/mol. The number of carbonyl (C=O) groups excluding carboxylic acids is 1. The molecule has 1 fully saturated rings. The van der Waals surface area contributed by atoms with E-state index < -0.39 is 18.3 Å². The standard InChI is InChI=1S/C18H21BCl2N2O3/c1-17(2)18(3,4)26-19(25-17)10-8-11(20)15(21)16-14(10)9-7-13(24)22-6-5-12(9)23-16/h8,23H,5-7H2,1-4H3,(H,22,24). The molecule has 138 valence electrons. The number of benzene rings is 1. The number of aromatic nitrogens is 1. The van der Waals surface area contributed by atoms with Crippen LogP contribution in [0.2, 0.25) is 10.0 Å². The van der Waals surface area contributed by atoms with Crippen molar-refractivity contribution >= 4 is 52.6 Å². The van der Waals surface area contributed by atoms with Crippen LogP contribution in [0.3, 0.4) is 0 Å². The number of fused-ring (bicyclic) bond motifs is 3. The summed E-state index contributed by atoms with van der Waals surface area (Å²) < 4.78 is 12.5. The molecule has 5 nitrogen and oxygen atoms in total. The number of H-pyrrole nitrogens is 1. The highest BCUT2D eigenvalue weighted by molar-refractivity contribution is 6.66. The molecular weight excluding hydrogens is 374 g/mol. The van der Waals surface area contributed by atoms with Gasteiger partial charge in [-0.2, -0.15) is 0 Å². The second kappa shape index (κ2) is 5.90. The van der Waals surface area contributed by atoms with Crippen LogP contribution in [0.15, 0.2) is 6.07 Å². The summed E-state index contributed by atoms with van der Waals surface area (Å²) >= 11 is 12.9. The van der Waals surface area contributed by atoms with Crippen LogP contribution in [0.25, 0.3) is 10.9 Å². The smallest absolute Gasteiger partial charge is 0.399 e. The molecule has 1 saturated heterocycles. The van der Waals surface area contributed by atoms with Gasteiger partial charge in [-0.1, -0.05) is 23.2 Å². The lowest BCUT2D eigenvalue weighted by molar-refractivity contribution is -0.120. The summed E-state index contributed by atoms with van der Waals surface area (Å²) in [6, 6.07) is 1.80. The van der Waals surface area contributed by atoms with Gasteiger partial charge in [0.15, 0.2) is 0 Å². The van der Waals surface area contributed by atoms with Gasteiger partial charge in [-0.15, -0.1) is 0 Å². The average Bonchev–Trinajstić information content (AvgIpc) is 2.90. The van der Waals surface area contributed by atoms with Gasteiger partial charge in [-0.25, -0.2) is 0 Å². The minimum atomic E-state index is -0.580. The van der Waals surface area contributed by atoms with Crippen LogP contribution in [-0.2, 0) is 26.9 Å². The Morgan fingerprint density at radius 1 is 1.15 bits per heavy atom. The third-order valence-electron chi connectivity index (χ3n) is 5.73. The van der Waals surface area contributed by atoms with Gasteiger partial charge in [-0.3, -0.25) is 4.79 Å². The van der Waals surface area contributed by atoms with Gasteiger partial charge < -0.3 is 19.6 Å². The summed E-state index contributed by atoms with van der Waals surface area (Å²) in [5, 5.41) is 4.67. The van der Waals surface area contributed by atoms with Crippen LogP contribution < -0.4 is 10.8 Å². The Balaban J connectivity index is 1.94. The molecular formula is C18H21BCl2N2O3. The number of amides is 1. The Morgan fingerprint density at radius 2 is 1.81 bits per heavy atom. The first-order chi connectivity index (χ1) is 12.1. The van der Waals surface area contributed by atoms with Crippen LogP contribution in [0.1, 0.15) is 39.0 Å². The number of rotatable bonds is 1. The van der Waals surface area contributed by atoms with Crippen molar-refractivity contribution in [1.82, 2.24) is 10.3 Å². The average molecular weight is 395 g/mol. The summed E-state index contributed by atoms with van der Waals surface area (Å²) in [5.41, 5.74) is 2.55. The van der Waals surface area contributed by atoms with Crippen molar-refractivity contribution in [3.05, 3.63) is 27.4 Å². The summed E-state index contributed by atoms with van der Waals surface area (Å²) in [5.74, 6) is -0.00408. The molecule has 2 aromatic rings. The number of halogens is 2. The first-order valence-corrected chi connectivity index (χ1v) is 9.50. The molecule has 3 heterocycles. The van der Waals surface area contributed by atoms with E-state index in [4.69, 9.17) is 32.5 Å². The normalized spacial score (nSPS) is 21.6. The minimum absolute atomic E-state index is 0.00408. The van der Waals surface area contributed by atoms with Crippen LogP contribution in [0, 0.1) is 0 Å². The van der Waals surface area contributed by atoms with Crippen molar-refractivity contribution in [3.63, 3.8) is 0 Å². The lowest BCUT2D eigenvalue weighted by atomic mass is 9.75. The molecule has 0 bridgehead atoms. The summed E-state index contributed by atoms with van der Waals surface area (Å²) in [4.78, 5) is 15.5. The zero-order valence-corrected chi connectivity index (χ0v) is 16.8. The first-order valence-electron chi connectivity index (χ1n) is 8.74. The molecule has 0 saturated carbocycles. The molecule has 0 radical (unpaired) electrons. The van der Waals surface area contributed by atoms with Gasteiger partial charge in [0.2, 0.25) is 5.91 Å². The molecule has 0 unspecified atom stereocenters. The van der Waals surface area contributed by atoms with Crippen LogP contribution >= 0.6 is 23.2 Å². The van der Waals surface area contributed by atoms with Crippen molar-refractivity contribution in [3.8, 4) is 0 Å². The maximum atomic E-state index is 12.1. The van der Waals surface area contributed by atoms with Crippen LogP contribution in [-0.4, -0.2) is 35.8 Å². The van der Waals surface area contributed by atoms with Crippen LogP contribution in [0.4, 0.5) is 0 Å². The topological polar surface area (TPSA) is 63.4 Å². The molecule has 2 aliphatic rings. The van der Waals surface area contributed by atoms with E-state index in [0.717, 1.165) is 27.6 Å². The van der Waals surface area contributed by atoms with Crippen molar-refractivity contribution in [2.75, 3.05) is 6.54 Å². The fraction of sp³-hybridized carbons (Fsp3) is 0.500. The van der Waals surface area contributed by atoms with E-state index in [0.29, 0.717) is 29.4 Å². The Labute approximate surface area is 162 Å². The number of nitrogens with one attached hydrogen (secondary N) is 2. The Bertz CT molecular complexity index is 907. The Hall–Kier alpha value is -1.21. The molecule has 2 N–H and O–H groups in total. The minimum Gasteiger partial charge on any atom is -0.399 e. The molecule has 8 heteroatoms. The molecule has 0 atom stereocenters. The van der Waals surface area contributed by atoms with Crippen LogP contribution in [0.5, 0.6) is 0 Å². The van der Waals surface area contributed by atoms with E-state index in [9.17, 15) is 4.79 Å². The summed E-state index contributed by atoms with van der Waals surface area (Å²) in [7, 11) is -0.580. The van der Waals surface area contributed by atoms with Crippen molar-refractivity contribution in [2.24, 2.45) is 0 Å². The van der Waals surface area contributed by atoms with Gasteiger partial charge in [0.05, 0.1) is 33.2 Å². The van der Waals surface area contributed by atoms with E-state index >= 15 is 0 Å². The second-order valence-corrected chi connectivity index (χ2v) is 8.74. The molecule has 2 aliphatic heterocycles. The first kappa shape index (κ1) is 18.2. The van der Waals surface area contributed by atoms with Gasteiger partial charge >= 0.3 is 7.12 Å². The highest BCUT2D eigenvalue weighted by Crippen LogP contribution is 2.39. The van der Waals surface area contributed by atoms with E-state index in [1.165, 1.54) is 0 Å². The SMILES string of the molecule is CC1(C)OB(c2cc(Cl)c(Cl)c3[nH]c4c(c23)CC(=O)NCC4)OC1(C)C. The van der Waals surface area contributed by atoms with Gasteiger partial charge in [-0.05, 0) is 44.8 Å². The number of hydrogen-bond donors (Lipinski definition) is 2. The fourth-order valence-corrected chi connectivity index (χ4v) is 3.99. The van der Waals surface area contributed by atoms with E-state index in [1.807, 2.05) is 27.7 Å². The number of carbonyl (C=O) groups is 1. The van der Waals surface area contributed by atoms with Gasteiger partial charge in [0.25, 0.3) is 0 Å². The third-order valence-corrected chi connectivity index (χ3v) is 6.52. The predicted octanol–water partition coefficient (Wildman–Crippen LogP) is 2.99. The highest BCUT2D eigenvalue weighted by Gasteiger charge is 2.52. The molecule has 0 aliphatic carbocycles. The largest absolute Gasteiger partial charge is 0.495 e. The summed E-state index contributed by atoms with van der Waals surface area (Å²) in [6.07, 6.45) is 1.01. The zero-order valence-electron chi connectivity index (χ0n) is 15.3. The molecule has 26 heavy (non-hydrogen) atoms. The lowest BCUT2D eigenvalue weighted by Crippen LogP contribution is -2.41. The highest BCUT2D eigenvalue weighted by atomic mass is 35.5. The van der Waals surface area contributed by atoms with Crippen molar-refractivity contribution < 1.29 is 14.1 Å². The van der Waals surface area contributed by atoms with E-state index in [1.54, 1.807) is 6.07 Å². The van der Waals surface area contributed by atoms with Crippen molar-refractivity contribution in [1.29, 1.82) is 0 Å². The molecule has 1 amide bonds. The second-order valence-electron chi connectivity index (χ2n) is 7.96. The fourth-order valence-electron chi connectivity index (χ4n) is 3.58. The quantitative estimate of drug-likeness (QED) is 0.730. The lowest BCUT2D eigenvalue weighted by Gasteiger charge is -2.32. The van der Waals surface area contributed by atoms with Gasteiger partial charge in [0, 0.05) is 24.0 Å². The van der Waals surface area contributed by atoms with Crippen molar-refractivity contribution in [2.45, 2.75) is 51.7 Å². The zero-order chi connectivity index (χ0) is 18.9. The third kappa shape index (κ3) is 2.66. The molecule has 1 aromatic carbocycles. The number of hydrogen-bond acceptors (Lipinski definition) is 3. The maximum Gasteiger partial charge on any atom is 0.495 e. The van der Waals surface area contributed by atoms with Gasteiger partial charge in [0.1, 0.15) is 0 Å². The summed E-state index contributed by atoms with van der Waals surface area (Å²) in [6.45, 7) is 8.62. The molecule has 4 rings (SSSR count).